The molecule has 0 aromatic carbocycles. The molecule has 0 radical (unpaired) electrons. The molecule has 0 aromatic heterocycles. The van der Waals surface area contributed by atoms with Crippen LogP contribution in [0.15, 0.2) is 0 Å². The monoisotopic (exact) mass is 495 g/mol. The van der Waals surface area contributed by atoms with Crippen molar-refractivity contribution in [2.24, 2.45) is 0 Å². The molecule has 0 spiro atoms. The Labute approximate surface area is 220 Å². The summed E-state index contributed by atoms with van der Waals surface area (Å²) in [5.41, 5.74) is 0. The van der Waals surface area contributed by atoms with Crippen LogP contribution in [0.2, 0.25) is 0 Å². The highest BCUT2D eigenvalue weighted by atomic mass is 15.3. The molecule has 35 heavy (non-hydrogen) atoms. The molecule has 1 aliphatic carbocycles. The molecular formula is C29H62N6. The summed E-state index contributed by atoms with van der Waals surface area (Å²) in [5, 5.41) is 0. The van der Waals surface area contributed by atoms with E-state index in [2.05, 4.69) is 85.0 Å². The minimum atomic E-state index is 0.730. The summed E-state index contributed by atoms with van der Waals surface area (Å²) in [5.74, 6) is 0. The first-order valence-electron chi connectivity index (χ1n) is 15.0. The normalized spacial score (nSPS) is 25.5. The van der Waals surface area contributed by atoms with Crippen LogP contribution in [0.25, 0.3) is 0 Å². The summed E-state index contributed by atoms with van der Waals surface area (Å²) >= 11 is 0. The van der Waals surface area contributed by atoms with Gasteiger partial charge in [-0.15, -0.1) is 0 Å². The Hall–Kier alpha value is -0.240. The van der Waals surface area contributed by atoms with Crippen molar-refractivity contribution in [3.05, 3.63) is 0 Å². The number of hydrogen-bond acceptors (Lipinski definition) is 6. The van der Waals surface area contributed by atoms with Gasteiger partial charge in [0, 0.05) is 103 Å². The topological polar surface area (TPSA) is 19.4 Å². The number of nitrogens with zero attached hydrogens (tertiary/aromatic N) is 6. The molecule has 0 amide bonds. The molecule has 0 atom stereocenters. The number of piperazine rings is 3. The lowest BCUT2D eigenvalue weighted by Gasteiger charge is -2.42. The lowest BCUT2D eigenvalue weighted by Crippen LogP contribution is -2.52. The van der Waals surface area contributed by atoms with E-state index in [4.69, 9.17) is 0 Å². The number of hydrogen-bond donors (Lipinski definition) is 0. The van der Waals surface area contributed by atoms with Crippen LogP contribution in [0.5, 0.6) is 0 Å². The fourth-order valence-corrected chi connectivity index (χ4v) is 5.74. The molecule has 4 aliphatic rings. The standard InChI is InChI=1S/C13H26N2.2C8H18N2/c1-12(2)14-8-10-15(11-9-14)13-6-4-3-5-7-13;2*1-8(2)10-6-4-9(3)5-7-10/h12-13H,3-11H2,1-2H3;2*8H,4-7H2,1-3H3. The Balaban J connectivity index is 0.000000192. The SMILES string of the molecule is CC(C)N1CCN(C)CC1.CC(C)N1CCN(C)CC1.CC(C)N1CCN(C2CCCCC2)CC1. The van der Waals surface area contributed by atoms with E-state index < -0.39 is 0 Å². The third kappa shape index (κ3) is 11.8. The summed E-state index contributed by atoms with van der Waals surface area (Å²) in [7, 11) is 4.38. The highest BCUT2D eigenvalue weighted by molar-refractivity contribution is 4.81. The third-order valence-electron chi connectivity index (χ3n) is 8.71. The first-order valence-corrected chi connectivity index (χ1v) is 15.0. The average Bonchev–Trinajstić information content (AvgIpc) is 2.86. The van der Waals surface area contributed by atoms with Crippen molar-refractivity contribution in [2.45, 2.75) is 97.8 Å². The van der Waals surface area contributed by atoms with Gasteiger partial charge >= 0.3 is 0 Å². The second kappa shape index (κ2) is 16.6. The molecule has 3 saturated heterocycles. The third-order valence-corrected chi connectivity index (χ3v) is 8.71. The Bertz CT molecular complexity index is 483. The summed E-state index contributed by atoms with van der Waals surface area (Å²) in [6, 6.07) is 3.12. The summed E-state index contributed by atoms with van der Waals surface area (Å²) in [4.78, 5) is 15.2. The first-order chi connectivity index (χ1) is 16.7. The molecule has 0 N–H and O–H groups in total. The maximum absolute atomic E-state index is 2.75. The van der Waals surface area contributed by atoms with E-state index in [0.717, 1.165) is 24.2 Å². The predicted molar refractivity (Wildman–Crippen MR) is 154 cm³/mol. The fourth-order valence-electron chi connectivity index (χ4n) is 5.74. The minimum Gasteiger partial charge on any atom is -0.304 e. The van der Waals surface area contributed by atoms with Gasteiger partial charge in [-0.25, -0.2) is 0 Å². The molecule has 0 bridgehead atoms. The zero-order chi connectivity index (χ0) is 25.8. The largest absolute Gasteiger partial charge is 0.304 e. The predicted octanol–water partition coefficient (Wildman–Crippen LogP) is 3.63. The molecule has 0 unspecified atom stereocenters. The molecule has 0 aromatic rings. The van der Waals surface area contributed by atoms with Gasteiger partial charge in [-0.05, 0) is 68.5 Å². The van der Waals surface area contributed by atoms with Crippen molar-refractivity contribution >= 4 is 0 Å². The second-order valence-corrected chi connectivity index (χ2v) is 12.3. The highest BCUT2D eigenvalue weighted by Crippen LogP contribution is 2.23. The van der Waals surface area contributed by atoms with Crippen LogP contribution in [0, 0.1) is 0 Å². The highest BCUT2D eigenvalue weighted by Gasteiger charge is 2.25. The molecular weight excluding hydrogens is 432 g/mol. The van der Waals surface area contributed by atoms with Gasteiger partial charge in [0.05, 0.1) is 0 Å². The van der Waals surface area contributed by atoms with Crippen molar-refractivity contribution in [1.29, 1.82) is 0 Å². The van der Waals surface area contributed by atoms with Gasteiger partial charge in [0.1, 0.15) is 0 Å². The number of likely N-dealkylation sites (N-methyl/N-ethyl adjacent to an activating group) is 2. The van der Waals surface area contributed by atoms with E-state index >= 15 is 0 Å². The summed E-state index contributed by atoms with van der Waals surface area (Å²) in [6.07, 6.45) is 7.33. The Morgan fingerprint density at radius 1 is 0.429 bits per heavy atom. The fraction of sp³-hybridized carbons (Fsp3) is 1.00. The summed E-state index contributed by atoms with van der Waals surface area (Å²) < 4.78 is 0. The maximum Gasteiger partial charge on any atom is 0.0113 e. The van der Waals surface area contributed by atoms with Crippen LogP contribution in [0.3, 0.4) is 0 Å². The zero-order valence-corrected chi connectivity index (χ0v) is 25.0. The van der Waals surface area contributed by atoms with E-state index in [0.29, 0.717) is 0 Å². The van der Waals surface area contributed by atoms with Crippen molar-refractivity contribution < 1.29 is 0 Å². The molecule has 6 nitrogen and oxygen atoms in total. The van der Waals surface area contributed by atoms with Gasteiger partial charge in [-0.3, -0.25) is 19.6 Å². The van der Waals surface area contributed by atoms with Crippen LogP contribution in [-0.2, 0) is 0 Å². The van der Waals surface area contributed by atoms with Gasteiger partial charge in [-0.2, -0.15) is 0 Å². The average molecular weight is 495 g/mol. The molecule has 3 heterocycles. The van der Waals surface area contributed by atoms with Crippen LogP contribution < -0.4 is 0 Å². The van der Waals surface area contributed by atoms with Gasteiger partial charge in [-0.1, -0.05) is 19.3 Å². The van der Waals surface area contributed by atoms with Crippen LogP contribution in [-0.4, -0.2) is 146 Å². The van der Waals surface area contributed by atoms with Gasteiger partial charge in [0.15, 0.2) is 0 Å². The van der Waals surface area contributed by atoms with E-state index in [-0.39, 0.29) is 0 Å². The van der Waals surface area contributed by atoms with Gasteiger partial charge < -0.3 is 9.80 Å². The van der Waals surface area contributed by atoms with Crippen molar-refractivity contribution in [2.75, 3.05) is 92.6 Å². The molecule has 6 heteroatoms. The van der Waals surface area contributed by atoms with Crippen molar-refractivity contribution in [3.8, 4) is 0 Å². The minimum absolute atomic E-state index is 0.730. The summed E-state index contributed by atoms with van der Waals surface area (Å²) in [6.45, 7) is 28.8. The van der Waals surface area contributed by atoms with Crippen molar-refractivity contribution in [1.82, 2.24) is 29.4 Å². The number of rotatable bonds is 4. The van der Waals surface area contributed by atoms with Gasteiger partial charge in [0.2, 0.25) is 0 Å². The lowest BCUT2D eigenvalue weighted by molar-refractivity contribution is 0.0644. The van der Waals surface area contributed by atoms with Gasteiger partial charge in [0.25, 0.3) is 0 Å². The van der Waals surface area contributed by atoms with E-state index in [1.165, 1.54) is 111 Å². The molecule has 208 valence electrons. The van der Waals surface area contributed by atoms with Crippen molar-refractivity contribution in [3.63, 3.8) is 0 Å². The van der Waals surface area contributed by atoms with E-state index in [9.17, 15) is 0 Å². The Morgan fingerprint density at radius 3 is 1.06 bits per heavy atom. The van der Waals surface area contributed by atoms with Crippen LogP contribution >= 0.6 is 0 Å². The molecule has 4 fully saturated rings. The molecule has 1 saturated carbocycles. The Kier molecular flexibility index (Phi) is 14.7. The second-order valence-electron chi connectivity index (χ2n) is 12.3. The van der Waals surface area contributed by atoms with Crippen LogP contribution in [0.1, 0.15) is 73.6 Å². The first kappa shape index (κ1) is 31.0. The smallest absolute Gasteiger partial charge is 0.0113 e. The lowest BCUT2D eigenvalue weighted by atomic mass is 9.94. The quantitative estimate of drug-likeness (QED) is 0.590. The van der Waals surface area contributed by atoms with E-state index in [1.54, 1.807) is 0 Å². The molecule has 3 aliphatic heterocycles. The van der Waals surface area contributed by atoms with E-state index in [1.807, 2.05) is 0 Å². The Morgan fingerprint density at radius 2 is 0.743 bits per heavy atom. The maximum atomic E-state index is 2.75. The molecule has 4 rings (SSSR count). The zero-order valence-electron chi connectivity index (χ0n) is 25.0. The van der Waals surface area contributed by atoms with Crippen LogP contribution in [0.4, 0.5) is 0 Å².